The van der Waals surface area contributed by atoms with Gasteiger partial charge >= 0.3 is 0 Å². The van der Waals surface area contributed by atoms with Crippen molar-refractivity contribution in [1.82, 2.24) is 0 Å². The fraction of sp³-hybridized carbons (Fsp3) is 0.217. The number of nitrogens with two attached hydrogens (primary N) is 1. The number of nitro benzene ring substituents is 1. The topological polar surface area (TPSA) is 69.2 Å². The van der Waals surface area contributed by atoms with Crippen LogP contribution in [0.2, 0.25) is 0 Å². The zero-order chi connectivity index (χ0) is 19.8. The zero-order valence-electron chi connectivity index (χ0n) is 16.1. The molecular weight excluding hydrogens is 336 g/mol. The van der Waals surface area contributed by atoms with Crippen molar-refractivity contribution in [3.63, 3.8) is 0 Å². The van der Waals surface area contributed by atoms with Crippen molar-refractivity contribution in [1.29, 1.82) is 0 Å². The van der Waals surface area contributed by atoms with Crippen molar-refractivity contribution in [3.05, 3.63) is 110 Å². The first kappa shape index (κ1) is 18.8. The lowest BCUT2D eigenvalue weighted by Gasteiger charge is -2.34. The van der Waals surface area contributed by atoms with Gasteiger partial charge < -0.3 is 5.73 Å². The molecule has 0 spiro atoms. The smallest absolute Gasteiger partial charge is 0.269 e. The summed E-state index contributed by atoms with van der Waals surface area (Å²) in [4.78, 5) is 10.7. The molecule has 0 aliphatic rings. The Labute approximate surface area is 159 Å². The van der Waals surface area contributed by atoms with E-state index in [2.05, 4.69) is 64.1 Å². The SMILES string of the molecule is Cc1ccc(C(N)(c2ccc([N+](=O)[O-])cc2)c2ccc(C)cc2C)c(C)c1. The van der Waals surface area contributed by atoms with E-state index in [1.807, 2.05) is 0 Å². The lowest BCUT2D eigenvalue weighted by atomic mass is 9.74. The van der Waals surface area contributed by atoms with Crippen molar-refractivity contribution >= 4 is 5.69 Å². The van der Waals surface area contributed by atoms with Crippen LogP contribution in [0.25, 0.3) is 0 Å². The molecule has 0 fully saturated rings. The molecule has 3 aromatic rings. The number of rotatable bonds is 4. The van der Waals surface area contributed by atoms with Crippen molar-refractivity contribution in [2.45, 2.75) is 33.2 Å². The molecule has 0 aliphatic heterocycles. The number of hydrogen-bond acceptors (Lipinski definition) is 3. The minimum absolute atomic E-state index is 0.0577. The van der Waals surface area contributed by atoms with Gasteiger partial charge in [-0.05, 0) is 67.6 Å². The number of non-ortho nitro benzene ring substituents is 1. The summed E-state index contributed by atoms with van der Waals surface area (Å²) in [5.74, 6) is 0. The molecule has 2 N–H and O–H groups in total. The molecule has 138 valence electrons. The Morgan fingerprint density at radius 1 is 0.778 bits per heavy atom. The minimum atomic E-state index is -0.898. The molecule has 27 heavy (non-hydrogen) atoms. The highest BCUT2D eigenvalue weighted by Crippen LogP contribution is 2.38. The second-order valence-corrected chi connectivity index (χ2v) is 7.25. The summed E-state index contributed by atoms with van der Waals surface area (Å²) in [7, 11) is 0. The Morgan fingerprint density at radius 3 is 1.59 bits per heavy atom. The van der Waals surface area contributed by atoms with Crippen LogP contribution in [0.3, 0.4) is 0 Å². The molecule has 4 heteroatoms. The Kier molecular flexibility index (Phi) is 4.85. The average Bonchev–Trinajstić information content (AvgIpc) is 2.61. The van der Waals surface area contributed by atoms with E-state index in [4.69, 9.17) is 5.73 Å². The van der Waals surface area contributed by atoms with Crippen molar-refractivity contribution in [3.8, 4) is 0 Å². The zero-order valence-corrected chi connectivity index (χ0v) is 16.1. The largest absolute Gasteiger partial charge is 0.314 e. The molecule has 0 aliphatic carbocycles. The Bertz CT molecular complexity index is 956. The van der Waals surface area contributed by atoms with Gasteiger partial charge in [0.2, 0.25) is 0 Å². The van der Waals surface area contributed by atoms with E-state index in [9.17, 15) is 10.1 Å². The minimum Gasteiger partial charge on any atom is -0.314 e. The normalized spacial score (nSPS) is 11.4. The third-order valence-corrected chi connectivity index (χ3v) is 5.15. The van der Waals surface area contributed by atoms with Gasteiger partial charge in [-0.1, -0.05) is 47.5 Å². The van der Waals surface area contributed by atoms with Crippen molar-refractivity contribution < 1.29 is 4.92 Å². The van der Waals surface area contributed by atoms with Crippen LogP contribution in [-0.2, 0) is 5.54 Å². The van der Waals surface area contributed by atoms with E-state index in [1.165, 1.54) is 23.3 Å². The van der Waals surface area contributed by atoms with Crippen LogP contribution in [0, 0.1) is 37.8 Å². The Hall–Kier alpha value is -2.98. The van der Waals surface area contributed by atoms with Gasteiger partial charge in [-0.25, -0.2) is 0 Å². The molecule has 0 saturated heterocycles. The summed E-state index contributed by atoms with van der Waals surface area (Å²) in [5, 5.41) is 11.1. The second-order valence-electron chi connectivity index (χ2n) is 7.25. The first-order chi connectivity index (χ1) is 12.7. The highest BCUT2D eigenvalue weighted by Gasteiger charge is 2.34. The number of aryl methyl sites for hydroxylation is 4. The molecule has 3 rings (SSSR count). The van der Waals surface area contributed by atoms with Crippen molar-refractivity contribution in [2.24, 2.45) is 5.73 Å². The van der Waals surface area contributed by atoms with Crippen LogP contribution < -0.4 is 5.73 Å². The van der Waals surface area contributed by atoms with Crippen LogP contribution in [0.1, 0.15) is 38.9 Å². The molecular formula is C23H24N2O2. The van der Waals surface area contributed by atoms with Gasteiger partial charge in [0.05, 0.1) is 10.5 Å². The van der Waals surface area contributed by atoms with E-state index in [-0.39, 0.29) is 5.69 Å². The Morgan fingerprint density at radius 2 is 1.22 bits per heavy atom. The maximum Gasteiger partial charge on any atom is 0.269 e. The van der Waals surface area contributed by atoms with E-state index in [0.29, 0.717) is 0 Å². The van der Waals surface area contributed by atoms with Crippen LogP contribution in [0.15, 0.2) is 60.7 Å². The van der Waals surface area contributed by atoms with Gasteiger partial charge in [-0.2, -0.15) is 0 Å². The first-order valence-electron chi connectivity index (χ1n) is 8.92. The third-order valence-electron chi connectivity index (χ3n) is 5.15. The quantitative estimate of drug-likeness (QED) is 0.401. The van der Waals surface area contributed by atoms with Crippen LogP contribution in [0.4, 0.5) is 5.69 Å². The predicted octanol–water partition coefficient (Wildman–Crippen LogP) is 5.08. The lowest BCUT2D eigenvalue weighted by Crippen LogP contribution is -2.40. The van der Waals surface area contributed by atoms with Crippen LogP contribution >= 0.6 is 0 Å². The molecule has 0 amide bonds. The predicted molar refractivity (Wildman–Crippen MR) is 109 cm³/mol. The first-order valence-corrected chi connectivity index (χ1v) is 8.92. The average molecular weight is 360 g/mol. The van der Waals surface area contributed by atoms with E-state index >= 15 is 0 Å². The molecule has 0 atom stereocenters. The lowest BCUT2D eigenvalue weighted by molar-refractivity contribution is -0.384. The van der Waals surface area contributed by atoms with Gasteiger partial charge in [0.25, 0.3) is 5.69 Å². The molecule has 0 radical (unpaired) electrons. The van der Waals surface area contributed by atoms with Crippen molar-refractivity contribution in [2.75, 3.05) is 0 Å². The summed E-state index contributed by atoms with van der Waals surface area (Å²) < 4.78 is 0. The fourth-order valence-electron chi connectivity index (χ4n) is 3.81. The van der Waals surface area contributed by atoms with Crippen LogP contribution in [0.5, 0.6) is 0 Å². The molecule has 0 unspecified atom stereocenters. The number of nitro groups is 1. The van der Waals surface area contributed by atoms with E-state index in [0.717, 1.165) is 27.8 Å². The fourth-order valence-corrected chi connectivity index (χ4v) is 3.81. The highest BCUT2D eigenvalue weighted by atomic mass is 16.6. The second kappa shape index (κ2) is 6.97. The molecule has 0 heterocycles. The maximum atomic E-state index is 11.1. The standard InChI is InChI=1S/C23H24N2O2/c1-15-5-11-21(17(3)13-15)23(24,22-12-6-16(2)14-18(22)4)19-7-9-20(10-8-19)25(26)27/h5-14H,24H2,1-4H3. The van der Waals surface area contributed by atoms with E-state index < -0.39 is 10.5 Å². The molecule has 0 saturated carbocycles. The highest BCUT2D eigenvalue weighted by molar-refractivity contribution is 5.55. The summed E-state index contributed by atoms with van der Waals surface area (Å²) in [6, 6.07) is 19.0. The number of nitrogens with zero attached hydrogens (tertiary/aromatic N) is 1. The summed E-state index contributed by atoms with van der Waals surface area (Å²) in [5.41, 5.74) is 13.6. The molecule has 3 aromatic carbocycles. The molecule has 0 aromatic heterocycles. The summed E-state index contributed by atoms with van der Waals surface area (Å²) in [6.07, 6.45) is 0. The number of benzene rings is 3. The summed E-state index contributed by atoms with van der Waals surface area (Å²) in [6.45, 7) is 8.22. The monoisotopic (exact) mass is 360 g/mol. The van der Waals surface area contributed by atoms with Crippen LogP contribution in [-0.4, -0.2) is 4.92 Å². The van der Waals surface area contributed by atoms with E-state index in [1.54, 1.807) is 12.1 Å². The van der Waals surface area contributed by atoms with Gasteiger partial charge in [0.15, 0.2) is 0 Å². The Balaban J connectivity index is 2.30. The number of hydrogen-bond donors (Lipinski definition) is 1. The maximum absolute atomic E-state index is 11.1. The molecule has 0 bridgehead atoms. The van der Waals surface area contributed by atoms with Gasteiger partial charge in [0, 0.05) is 12.1 Å². The van der Waals surface area contributed by atoms with Gasteiger partial charge in [-0.15, -0.1) is 0 Å². The summed E-state index contributed by atoms with van der Waals surface area (Å²) >= 11 is 0. The van der Waals surface area contributed by atoms with Gasteiger partial charge in [-0.3, -0.25) is 10.1 Å². The van der Waals surface area contributed by atoms with Gasteiger partial charge in [0.1, 0.15) is 0 Å². The molecule has 4 nitrogen and oxygen atoms in total. The third kappa shape index (κ3) is 3.36.